The van der Waals surface area contributed by atoms with Gasteiger partial charge >= 0.3 is 5.97 Å². The summed E-state index contributed by atoms with van der Waals surface area (Å²) in [4.78, 5) is 26.3. The van der Waals surface area contributed by atoms with Crippen molar-refractivity contribution in [3.8, 4) is 11.5 Å². The average Bonchev–Trinajstić information content (AvgIpc) is 2.69. The molecule has 1 atom stereocenters. The molecule has 0 amide bonds. The van der Waals surface area contributed by atoms with Gasteiger partial charge in [-0.25, -0.2) is 4.79 Å². The van der Waals surface area contributed by atoms with Gasteiger partial charge in [0, 0.05) is 35.9 Å². The molecule has 2 aliphatic rings. The van der Waals surface area contributed by atoms with E-state index in [4.69, 9.17) is 14.2 Å². The minimum Gasteiger partial charge on any atom is -0.504 e. The maximum Gasteiger partial charge on any atom is 0.336 e. The topological polar surface area (TPSA) is 94.1 Å². The normalized spacial score (nSPS) is 20.3. The summed E-state index contributed by atoms with van der Waals surface area (Å²) in [5.74, 6) is -0.868. The van der Waals surface area contributed by atoms with Crippen molar-refractivity contribution in [2.75, 3.05) is 26.9 Å². The molecule has 168 valence electrons. The number of rotatable bonds is 7. The van der Waals surface area contributed by atoms with Crippen LogP contribution in [0.1, 0.15) is 52.0 Å². The van der Waals surface area contributed by atoms with Crippen molar-refractivity contribution in [2.24, 2.45) is 5.41 Å². The second kappa shape index (κ2) is 9.14. The fourth-order valence-electron chi connectivity index (χ4n) is 4.34. The highest BCUT2D eigenvalue weighted by Crippen LogP contribution is 2.47. The molecule has 1 heterocycles. The summed E-state index contributed by atoms with van der Waals surface area (Å²) in [6.07, 6.45) is 1.08. The molecule has 0 unspecified atom stereocenters. The molecule has 1 aromatic rings. The van der Waals surface area contributed by atoms with Gasteiger partial charge in [-0.15, -0.1) is 0 Å². The SMILES string of the molecule is CCOCCOC(=O)C1=C(C)NC2=C(C(=O)CC(C)(C)C2)[C@@H]1c1ccc(OC)c(O)c1. The number of carbonyl (C=O) groups excluding carboxylic acids is 2. The number of aromatic hydroxyl groups is 1. The molecular formula is C24H31NO6. The first-order valence-electron chi connectivity index (χ1n) is 10.5. The number of ether oxygens (including phenoxy) is 3. The van der Waals surface area contributed by atoms with E-state index < -0.39 is 11.9 Å². The van der Waals surface area contributed by atoms with Gasteiger partial charge in [-0.05, 0) is 43.4 Å². The molecule has 0 saturated carbocycles. The maximum atomic E-state index is 13.2. The van der Waals surface area contributed by atoms with Crippen LogP contribution in [0.4, 0.5) is 0 Å². The second-order valence-electron chi connectivity index (χ2n) is 8.69. The van der Waals surface area contributed by atoms with Crippen molar-refractivity contribution in [1.82, 2.24) is 5.32 Å². The molecule has 0 fully saturated rings. The Labute approximate surface area is 183 Å². The molecule has 0 radical (unpaired) electrons. The van der Waals surface area contributed by atoms with E-state index in [1.807, 2.05) is 13.8 Å². The Hall–Kier alpha value is -2.80. The Balaban J connectivity index is 2.06. The Morgan fingerprint density at radius 1 is 1.26 bits per heavy atom. The van der Waals surface area contributed by atoms with Crippen molar-refractivity contribution in [3.05, 3.63) is 46.3 Å². The van der Waals surface area contributed by atoms with Crippen LogP contribution in [0.3, 0.4) is 0 Å². The third kappa shape index (κ3) is 4.77. The number of esters is 1. The number of nitrogens with one attached hydrogen (secondary N) is 1. The first kappa shape index (κ1) is 22.9. The highest BCUT2D eigenvalue weighted by atomic mass is 16.6. The zero-order chi connectivity index (χ0) is 22.8. The van der Waals surface area contributed by atoms with E-state index in [0.29, 0.717) is 54.2 Å². The van der Waals surface area contributed by atoms with E-state index in [2.05, 4.69) is 19.2 Å². The fourth-order valence-corrected chi connectivity index (χ4v) is 4.34. The zero-order valence-electron chi connectivity index (χ0n) is 18.8. The van der Waals surface area contributed by atoms with Gasteiger partial charge in [0.1, 0.15) is 6.61 Å². The summed E-state index contributed by atoms with van der Waals surface area (Å²) in [6.45, 7) is 8.76. The van der Waals surface area contributed by atoms with E-state index in [1.54, 1.807) is 18.2 Å². The predicted octanol–water partition coefficient (Wildman–Crippen LogP) is 3.58. The first-order chi connectivity index (χ1) is 14.7. The molecule has 0 bridgehead atoms. The van der Waals surface area contributed by atoms with Gasteiger partial charge < -0.3 is 24.6 Å². The van der Waals surface area contributed by atoms with Gasteiger partial charge in [0.2, 0.25) is 0 Å². The summed E-state index contributed by atoms with van der Waals surface area (Å²) in [6, 6.07) is 4.96. The van der Waals surface area contributed by atoms with Crippen LogP contribution in [0, 0.1) is 5.41 Å². The number of methoxy groups -OCH3 is 1. The molecule has 31 heavy (non-hydrogen) atoms. The zero-order valence-corrected chi connectivity index (χ0v) is 18.8. The summed E-state index contributed by atoms with van der Waals surface area (Å²) in [5, 5.41) is 13.7. The number of ketones is 1. The molecule has 3 rings (SSSR count). The van der Waals surface area contributed by atoms with Gasteiger partial charge in [0.25, 0.3) is 0 Å². The number of allylic oxidation sites excluding steroid dienone is 3. The number of benzene rings is 1. The van der Waals surface area contributed by atoms with Crippen LogP contribution >= 0.6 is 0 Å². The van der Waals surface area contributed by atoms with Gasteiger partial charge in [-0.2, -0.15) is 0 Å². The lowest BCUT2D eigenvalue weighted by atomic mass is 9.68. The molecule has 0 aromatic heterocycles. The van der Waals surface area contributed by atoms with E-state index in [0.717, 1.165) is 5.70 Å². The number of hydrogen-bond acceptors (Lipinski definition) is 7. The third-order valence-corrected chi connectivity index (χ3v) is 5.66. The number of Topliss-reactive ketones (excluding diaryl/α,β-unsaturated/α-hetero) is 1. The van der Waals surface area contributed by atoms with Gasteiger partial charge in [-0.3, -0.25) is 4.79 Å². The van der Waals surface area contributed by atoms with Crippen LogP contribution in [0.2, 0.25) is 0 Å². The van der Waals surface area contributed by atoms with Crippen molar-refractivity contribution >= 4 is 11.8 Å². The number of hydrogen-bond donors (Lipinski definition) is 2. The molecule has 0 saturated heterocycles. The van der Waals surface area contributed by atoms with Gasteiger partial charge in [-0.1, -0.05) is 19.9 Å². The second-order valence-corrected chi connectivity index (χ2v) is 8.69. The maximum absolute atomic E-state index is 13.2. The van der Waals surface area contributed by atoms with Crippen molar-refractivity contribution in [3.63, 3.8) is 0 Å². The van der Waals surface area contributed by atoms with Gasteiger partial charge in [0.05, 0.1) is 19.3 Å². The van der Waals surface area contributed by atoms with E-state index in [9.17, 15) is 14.7 Å². The quantitative estimate of drug-likeness (QED) is 0.505. The molecule has 0 spiro atoms. The summed E-state index contributed by atoms with van der Waals surface area (Å²) in [7, 11) is 1.47. The highest BCUT2D eigenvalue weighted by molar-refractivity contribution is 6.04. The number of phenolic OH excluding ortho intramolecular Hbond substituents is 1. The predicted molar refractivity (Wildman–Crippen MR) is 116 cm³/mol. The monoisotopic (exact) mass is 429 g/mol. The largest absolute Gasteiger partial charge is 0.504 e. The molecule has 7 heteroatoms. The van der Waals surface area contributed by atoms with E-state index in [1.165, 1.54) is 7.11 Å². The highest BCUT2D eigenvalue weighted by Gasteiger charge is 2.43. The smallest absolute Gasteiger partial charge is 0.336 e. The van der Waals surface area contributed by atoms with Crippen LogP contribution in [-0.2, 0) is 19.1 Å². The molecular weight excluding hydrogens is 398 g/mol. The third-order valence-electron chi connectivity index (χ3n) is 5.66. The number of dihydropyridines is 1. The fraction of sp³-hybridized carbons (Fsp3) is 0.500. The number of carbonyl (C=O) groups is 2. The van der Waals surface area contributed by atoms with Crippen LogP contribution in [0.25, 0.3) is 0 Å². The van der Waals surface area contributed by atoms with E-state index >= 15 is 0 Å². The molecule has 7 nitrogen and oxygen atoms in total. The minimum absolute atomic E-state index is 0.00817. The summed E-state index contributed by atoms with van der Waals surface area (Å²) in [5.41, 5.74) is 2.86. The van der Waals surface area contributed by atoms with Crippen LogP contribution in [-0.4, -0.2) is 43.8 Å². The van der Waals surface area contributed by atoms with Crippen molar-refractivity contribution < 1.29 is 28.9 Å². The lowest BCUT2D eigenvalue weighted by molar-refractivity contribution is -0.140. The first-order valence-corrected chi connectivity index (χ1v) is 10.5. The molecule has 1 aromatic carbocycles. The molecule has 2 N–H and O–H groups in total. The molecule has 1 aliphatic carbocycles. The van der Waals surface area contributed by atoms with Crippen LogP contribution in [0.15, 0.2) is 40.7 Å². The number of phenols is 1. The summed E-state index contributed by atoms with van der Waals surface area (Å²) < 4.78 is 15.9. The lowest BCUT2D eigenvalue weighted by Gasteiger charge is -2.39. The van der Waals surface area contributed by atoms with Crippen LogP contribution < -0.4 is 10.1 Å². The Morgan fingerprint density at radius 3 is 2.65 bits per heavy atom. The lowest BCUT2D eigenvalue weighted by Crippen LogP contribution is -2.38. The summed E-state index contributed by atoms with van der Waals surface area (Å²) >= 11 is 0. The van der Waals surface area contributed by atoms with Crippen molar-refractivity contribution in [2.45, 2.75) is 46.5 Å². The molecule has 1 aliphatic heterocycles. The van der Waals surface area contributed by atoms with Crippen molar-refractivity contribution in [1.29, 1.82) is 0 Å². The Kier molecular flexibility index (Phi) is 6.74. The van der Waals surface area contributed by atoms with Gasteiger partial charge in [0.15, 0.2) is 17.3 Å². The minimum atomic E-state index is -0.628. The Morgan fingerprint density at radius 2 is 2.00 bits per heavy atom. The standard InChI is InChI=1S/C24H31NO6/c1-6-30-9-10-31-23(28)20-14(2)25-16-12-24(3,4)13-18(27)22(16)21(20)15-7-8-19(29-5)17(26)11-15/h7-8,11,21,25-26H,6,9-10,12-13H2,1-5H3/t21-/m1/s1. The van der Waals surface area contributed by atoms with Crippen LogP contribution in [0.5, 0.6) is 11.5 Å². The average molecular weight is 430 g/mol. The Bertz CT molecular complexity index is 943. The van der Waals surface area contributed by atoms with E-state index in [-0.39, 0.29) is 23.6 Å².